The molecule has 20 atom stereocenters. The Morgan fingerprint density at radius 1 is 0.808 bits per heavy atom. The maximum atomic E-state index is 14.2. The number of nitrogens with one attached hydrogen (secondary N) is 2. The lowest BCUT2D eigenvalue weighted by Crippen LogP contribution is -2.67. The minimum Gasteiger partial charge on any atom is -0.394 e. The molecular formula is C51H75F3N6O18. The van der Waals surface area contributed by atoms with Crippen molar-refractivity contribution in [1.29, 1.82) is 0 Å². The molecule has 438 valence electrons. The van der Waals surface area contributed by atoms with E-state index in [2.05, 4.69) is 20.9 Å². The number of nitrogens with zero attached hydrogens (tertiary/aromatic N) is 4. The van der Waals surface area contributed by atoms with E-state index in [4.69, 9.17) is 33.2 Å². The number of hydrogen-bond acceptors (Lipinski definition) is 20. The van der Waals surface area contributed by atoms with E-state index < -0.39 is 165 Å². The Hall–Kier alpha value is -4.04. The van der Waals surface area contributed by atoms with E-state index in [1.807, 2.05) is 6.92 Å². The van der Waals surface area contributed by atoms with E-state index in [1.165, 1.54) is 13.8 Å². The van der Waals surface area contributed by atoms with Crippen LogP contribution in [0.25, 0.3) is 11.3 Å². The van der Waals surface area contributed by atoms with Crippen molar-refractivity contribution < 1.29 is 102 Å². The summed E-state index contributed by atoms with van der Waals surface area (Å²) in [4.78, 5) is 43.0. The summed E-state index contributed by atoms with van der Waals surface area (Å²) < 4.78 is 86.2. The molecule has 3 amide bonds. The third-order valence-corrected chi connectivity index (χ3v) is 16.1. The standard InChI is InChI=1S/C51H75F3N6O18/c1-4-26-16-28(47(70)55-11-14-72-50-42(67)38(40(65)34(21-61)77-50)60-20-31(57-58-60)27-17-29(52)36(54)30(53)18-27)19-32(45(26)78-51-44(69)43(68)39(64)23(2)73-51)75-49-37(56-24(3)63)46(41(66)35(22-62)76-49)74-33(48(71)59-12-8-13-59)15-25-9-6-5-7-10-25/h17-18,20,23,25-26,28,32-35,37-46,49-51,61-62,64-69H,4-16,19,21-22H2,1-3H3,(H,55,70)(H,56,63)/t23?,26?,28?,32-,33+,34?,35?,37?,38?,39-,40-,41+,42?,43?,44?,45?,46?,49-,50+,51+/m1/s1. The van der Waals surface area contributed by atoms with E-state index in [0.717, 1.165) is 49.4 Å². The molecule has 24 nitrogen and oxygen atoms in total. The molecule has 27 heteroatoms. The summed E-state index contributed by atoms with van der Waals surface area (Å²) in [6.07, 6.45) is -14.9. The normalized spacial score (nSPS) is 37.1. The second-order valence-electron chi connectivity index (χ2n) is 21.4. The SMILES string of the molecule is CCC1CC(C(=O)NCCO[C@H]2OC(CO)[C@@H](O)C(n3cc(-c4cc(F)c(F)c(F)c4)nn3)C2O)C[C@@H](O[C@@H]2OC(CO)[C@H](O)C(O[C@@H](CC3CCCCC3)C(=O)N3CCC3)C2NC(C)=O)C1O[C@@H]1OC(C)[C@@H](O)C(O)C1O. The second kappa shape index (κ2) is 26.7. The zero-order chi connectivity index (χ0) is 56.1. The third kappa shape index (κ3) is 13.5. The molecule has 6 fully saturated rings. The van der Waals surface area contributed by atoms with Crippen molar-refractivity contribution in [2.24, 2.45) is 17.8 Å². The number of halogens is 3. The molecule has 0 bridgehead atoms. The third-order valence-electron chi connectivity index (χ3n) is 16.1. The average molecular weight is 1120 g/mol. The largest absolute Gasteiger partial charge is 0.394 e. The number of aliphatic hydroxyl groups excluding tert-OH is 8. The first-order chi connectivity index (χ1) is 37.3. The molecule has 4 aliphatic heterocycles. The van der Waals surface area contributed by atoms with E-state index in [-0.39, 0.29) is 49.1 Å². The zero-order valence-corrected chi connectivity index (χ0v) is 43.8. The molecule has 78 heavy (non-hydrogen) atoms. The smallest absolute Gasteiger partial charge is 0.251 e. The Labute approximate surface area is 448 Å². The highest BCUT2D eigenvalue weighted by molar-refractivity contribution is 5.81. The summed E-state index contributed by atoms with van der Waals surface area (Å²) in [7, 11) is 0. The predicted octanol–water partition coefficient (Wildman–Crippen LogP) is -0.951. The second-order valence-corrected chi connectivity index (χ2v) is 21.4. The van der Waals surface area contributed by atoms with Crippen LogP contribution in [0.5, 0.6) is 0 Å². The number of rotatable bonds is 20. The Kier molecular flexibility index (Phi) is 20.6. The van der Waals surface area contributed by atoms with Gasteiger partial charge in [0, 0.05) is 38.0 Å². The number of carbonyl (C=O) groups excluding carboxylic acids is 3. The molecule has 1 aromatic carbocycles. The highest BCUT2D eigenvalue weighted by Gasteiger charge is 2.54. The van der Waals surface area contributed by atoms with E-state index in [9.17, 15) is 68.4 Å². The molecule has 2 saturated carbocycles. The zero-order valence-electron chi connectivity index (χ0n) is 43.8. The Morgan fingerprint density at radius 2 is 1.49 bits per heavy atom. The number of aliphatic hydroxyl groups is 8. The monoisotopic (exact) mass is 1120 g/mol. The van der Waals surface area contributed by atoms with Crippen LogP contribution in [0.2, 0.25) is 0 Å². The number of carbonyl (C=O) groups is 3. The number of amides is 3. The van der Waals surface area contributed by atoms with Gasteiger partial charge in [-0.05, 0) is 56.6 Å². The van der Waals surface area contributed by atoms with Crippen LogP contribution in [0.3, 0.4) is 0 Å². The van der Waals surface area contributed by atoms with E-state index in [0.29, 0.717) is 38.1 Å². The summed E-state index contributed by atoms with van der Waals surface area (Å²) in [6, 6.07) is -1.31. The number of benzene rings is 1. The number of aromatic nitrogens is 3. The molecule has 0 radical (unpaired) electrons. The van der Waals surface area contributed by atoms with Crippen molar-refractivity contribution >= 4 is 17.7 Å². The Bertz CT molecular complexity index is 2300. The van der Waals surface area contributed by atoms with Crippen LogP contribution in [0.15, 0.2) is 18.3 Å². The van der Waals surface area contributed by atoms with Gasteiger partial charge in [0.05, 0.1) is 44.3 Å². The van der Waals surface area contributed by atoms with Crippen LogP contribution < -0.4 is 10.6 Å². The van der Waals surface area contributed by atoms with Gasteiger partial charge in [-0.25, -0.2) is 17.9 Å². The Morgan fingerprint density at radius 3 is 2.13 bits per heavy atom. The molecule has 0 spiro atoms. The first kappa shape index (κ1) is 60.1. The average Bonchev–Trinajstić information content (AvgIpc) is 3.92. The van der Waals surface area contributed by atoms with Gasteiger partial charge in [0.1, 0.15) is 78.8 Å². The first-order valence-electron chi connectivity index (χ1n) is 27.1. The van der Waals surface area contributed by atoms with Crippen molar-refractivity contribution in [3.8, 4) is 11.3 Å². The van der Waals surface area contributed by atoms with Gasteiger partial charge in [0.2, 0.25) is 11.8 Å². The van der Waals surface area contributed by atoms with Crippen molar-refractivity contribution in [2.75, 3.05) is 39.5 Å². The van der Waals surface area contributed by atoms with Crippen LogP contribution in [0.4, 0.5) is 13.2 Å². The lowest BCUT2D eigenvalue weighted by atomic mass is 9.75. The van der Waals surface area contributed by atoms with Gasteiger partial charge in [-0.15, -0.1) is 5.10 Å². The van der Waals surface area contributed by atoms with Gasteiger partial charge in [-0.2, -0.15) is 0 Å². The fourth-order valence-corrected chi connectivity index (χ4v) is 11.6. The predicted molar refractivity (Wildman–Crippen MR) is 260 cm³/mol. The van der Waals surface area contributed by atoms with Gasteiger partial charge in [0.25, 0.3) is 5.91 Å². The van der Waals surface area contributed by atoms with Gasteiger partial charge in [0.15, 0.2) is 36.3 Å². The molecule has 4 saturated heterocycles. The van der Waals surface area contributed by atoms with Gasteiger partial charge in [-0.3, -0.25) is 14.4 Å². The van der Waals surface area contributed by atoms with Crippen LogP contribution >= 0.6 is 0 Å². The molecule has 1 aromatic heterocycles. The minimum absolute atomic E-state index is 0.112. The summed E-state index contributed by atoms with van der Waals surface area (Å²) in [5.74, 6) is -7.20. The Balaban J connectivity index is 0.994. The number of ether oxygens (including phenoxy) is 7. The summed E-state index contributed by atoms with van der Waals surface area (Å²) in [6.45, 7) is 3.67. The molecular weight excluding hydrogens is 1040 g/mol. The van der Waals surface area contributed by atoms with Crippen molar-refractivity contribution in [2.45, 2.75) is 195 Å². The van der Waals surface area contributed by atoms with Crippen molar-refractivity contribution in [1.82, 2.24) is 30.5 Å². The maximum absolute atomic E-state index is 14.2. The summed E-state index contributed by atoms with van der Waals surface area (Å²) >= 11 is 0. The van der Waals surface area contributed by atoms with E-state index >= 15 is 0 Å². The molecule has 8 rings (SSSR count). The summed E-state index contributed by atoms with van der Waals surface area (Å²) in [5, 5.41) is 101. The highest BCUT2D eigenvalue weighted by Crippen LogP contribution is 2.41. The molecule has 6 aliphatic rings. The van der Waals surface area contributed by atoms with E-state index in [1.54, 1.807) is 4.90 Å². The number of hydrogen-bond donors (Lipinski definition) is 10. The lowest BCUT2D eigenvalue weighted by Gasteiger charge is -2.49. The minimum atomic E-state index is -1.73. The van der Waals surface area contributed by atoms with Crippen LogP contribution in [0.1, 0.15) is 91.0 Å². The lowest BCUT2D eigenvalue weighted by molar-refractivity contribution is -0.338. The maximum Gasteiger partial charge on any atom is 0.251 e. The molecule has 2 aromatic rings. The van der Waals surface area contributed by atoms with Gasteiger partial charge >= 0.3 is 0 Å². The fraction of sp³-hybridized carbons (Fsp3) is 0.784. The van der Waals surface area contributed by atoms with Gasteiger partial charge in [-0.1, -0.05) is 50.7 Å². The van der Waals surface area contributed by atoms with Crippen molar-refractivity contribution in [3.05, 3.63) is 35.8 Å². The topological polar surface area (TPSA) is 336 Å². The van der Waals surface area contributed by atoms with Crippen LogP contribution in [0, 0.1) is 35.2 Å². The molecule has 5 heterocycles. The fourth-order valence-electron chi connectivity index (χ4n) is 11.6. The number of likely N-dealkylation sites (tertiary alicyclic amines) is 1. The quantitative estimate of drug-likeness (QED) is 0.0564. The molecule has 10 N–H and O–H groups in total. The molecule has 2 aliphatic carbocycles. The highest BCUT2D eigenvalue weighted by atomic mass is 19.2. The van der Waals surface area contributed by atoms with Crippen molar-refractivity contribution in [3.63, 3.8) is 0 Å². The van der Waals surface area contributed by atoms with Crippen LogP contribution in [-0.4, -0.2) is 222 Å². The van der Waals surface area contributed by atoms with Crippen LogP contribution in [-0.2, 0) is 47.5 Å². The van der Waals surface area contributed by atoms with Gasteiger partial charge < -0.3 is 89.5 Å². The molecule has 12 unspecified atom stereocenters. The summed E-state index contributed by atoms with van der Waals surface area (Å²) in [5.41, 5.74) is -0.331. The first-order valence-corrected chi connectivity index (χ1v) is 27.1.